The van der Waals surface area contributed by atoms with E-state index in [4.69, 9.17) is 4.98 Å². The molecular weight excluding hydrogens is 395 g/mol. The van der Waals surface area contributed by atoms with Crippen molar-refractivity contribution in [2.45, 2.75) is 12.0 Å². The Morgan fingerprint density at radius 3 is 1.69 bits per heavy atom. The molecule has 0 fully saturated rings. The maximum absolute atomic E-state index is 13.7. The van der Waals surface area contributed by atoms with Gasteiger partial charge in [0.2, 0.25) is 0 Å². The predicted octanol–water partition coefficient (Wildman–Crippen LogP) is 6.45. The number of imidazole rings is 1. The van der Waals surface area contributed by atoms with Gasteiger partial charge in [0, 0.05) is 12.6 Å². The minimum atomic E-state index is -0.586. The van der Waals surface area contributed by atoms with E-state index in [-0.39, 0.29) is 5.82 Å². The molecule has 156 valence electrons. The Kier molecular flexibility index (Phi) is 5.39. The zero-order chi connectivity index (χ0) is 21.8. The van der Waals surface area contributed by atoms with Gasteiger partial charge in [-0.2, -0.15) is 0 Å². The van der Waals surface area contributed by atoms with Crippen molar-refractivity contribution in [3.8, 4) is 0 Å². The number of benzene rings is 4. The Labute approximate surface area is 187 Å². The first kappa shape index (κ1) is 20.0. The first-order chi connectivity index (χ1) is 15.8. The maximum Gasteiger partial charge on any atom is 0.123 e. The summed E-state index contributed by atoms with van der Waals surface area (Å²) in [6, 6.07) is 38.2. The van der Waals surface area contributed by atoms with Crippen LogP contribution in [-0.4, -0.2) is 9.55 Å². The molecule has 1 heterocycles. The quantitative estimate of drug-likeness (QED) is 0.290. The van der Waals surface area contributed by atoms with Crippen molar-refractivity contribution in [2.24, 2.45) is 0 Å². The van der Waals surface area contributed by atoms with Crippen molar-refractivity contribution >= 4 is 0 Å². The lowest BCUT2D eigenvalue weighted by Gasteiger charge is -2.37. The Hall–Kier alpha value is -3.98. The maximum atomic E-state index is 13.7. The second kappa shape index (κ2) is 8.64. The largest absolute Gasteiger partial charge is 0.319 e. The van der Waals surface area contributed by atoms with Gasteiger partial charge in [-0.1, -0.05) is 103 Å². The number of aromatic nitrogens is 2. The summed E-state index contributed by atoms with van der Waals surface area (Å²) in [6.07, 6.45) is 4.54. The lowest BCUT2D eigenvalue weighted by Crippen LogP contribution is -2.36. The average Bonchev–Trinajstić information content (AvgIpc) is 3.30. The van der Waals surface area contributed by atoms with E-state index in [9.17, 15) is 4.39 Å². The molecule has 0 aliphatic rings. The van der Waals surface area contributed by atoms with Crippen molar-refractivity contribution in [2.75, 3.05) is 0 Å². The van der Waals surface area contributed by atoms with Gasteiger partial charge < -0.3 is 4.57 Å². The summed E-state index contributed by atoms with van der Waals surface area (Å²) in [5, 5.41) is 0. The molecule has 0 unspecified atom stereocenters. The Balaban J connectivity index is 1.71. The lowest BCUT2D eigenvalue weighted by molar-refractivity contribution is 0.514. The lowest BCUT2D eigenvalue weighted by atomic mass is 9.77. The molecule has 0 amide bonds. The molecule has 0 saturated heterocycles. The third-order valence-corrected chi connectivity index (χ3v) is 5.87. The van der Waals surface area contributed by atoms with Gasteiger partial charge in [0.1, 0.15) is 11.4 Å². The number of nitrogens with zero attached hydrogens (tertiary/aromatic N) is 2. The molecule has 32 heavy (non-hydrogen) atoms. The van der Waals surface area contributed by atoms with Crippen LogP contribution in [-0.2, 0) is 12.0 Å². The third-order valence-electron chi connectivity index (χ3n) is 5.87. The van der Waals surface area contributed by atoms with E-state index in [1.165, 1.54) is 6.07 Å². The molecule has 0 N–H and O–H groups in total. The number of rotatable bonds is 6. The van der Waals surface area contributed by atoms with E-state index in [0.29, 0.717) is 6.42 Å². The molecule has 0 radical (unpaired) electrons. The molecule has 0 aliphatic heterocycles. The van der Waals surface area contributed by atoms with Gasteiger partial charge in [-0.25, -0.2) is 9.37 Å². The first-order valence-electron chi connectivity index (χ1n) is 10.7. The van der Waals surface area contributed by atoms with E-state index < -0.39 is 5.54 Å². The second-order valence-corrected chi connectivity index (χ2v) is 7.89. The fraction of sp³-hybridized carbons (Fsp3) is 0.0690. The third kappa shape index (κ3) is 3.63. The number of hydrogen-bond acceptors (Lipinski definition) is 1. The van der Waals surface area contributed by atoms with Gasteiger partial charge in [-0.15, -0.1) is 0 Å². The summed E-state index contributed by atoms with van der Waals surface area (Å²) in [7, 11) is 0. The van der Waals surface area contributed by atoms with E-state index in [0.717, 1.165) is 27.9 Å². The fourth-order valence-corrected chi connectivity index (χ4v) is 4.48. The molecule has 2 nitrogen and oxygen atoms in total. The van der Waals surface area contributed by atoms with Crippen LogP contribution in [0.5, 0.6) is 0 Å². The van der Waals surface area contributed by atoms with Crippen molar-refractivity contribution in [3.05, 3.63) is 162 Å². The normalized spacial score (nSPS) is 11.4. The van der Waals surface area contributed by atoms with Crippen LogP contribution in [0.4, 0.5) is 4.39 Å². The van der Waals surface area contributed by atoms with Crippen LogP contribution >= 0.6 is 0 Å². The highest BCUT2D eigenvalue weighted by Crippen LogP contribution is 2.40. The predicted molar refractivity (Wildman–Crippen MR) is 126 cm³/mol. The van der Waals surface area contributed by atoms with Crippen molar-refractivity contribution in [3.63, 3.8) is 0 Å². The summed E-state index contributed by atoms with van der Waals surface area (Å²) in [5.41, 5.74) is 4.64. The first-order valence-corrected chi connectivity index (χ1v) is 10.7. The molecule has 4 aromatic carbocycles. The van der Waals surface area contributed by atoms with Crippen LogP contribution in [0.15, 0.2) is 128 Å². The SMILES string of the molecule is Fc1cccc(Cc2cn(C(c3ccccc3)(c3ccccc3)c3ccccc3)cn2)c1. The topological polar surface area (TPSA) is 17.8 Å². The van der Waals surface area contributed by atoms with Crippen LogP contribution in [0, 0.1) is 5.82 Å². The molecule has 0 atom stereocenters. The molecule has 0 spiro atoms. The molecule has 3 heteroatoms. The second-order valence-electron chi connectivity index (χ2n) is 7.89. The molecule has 5 aromatic rings. The van der Waals surface area contributed by atoms with Crippen LogP contribution in [0.1, 0.15) is 27.9 Å². The minimum absolute atomic E-state index is 0.228. The molecule has 1 aromatic heterocycles. The summed E-state index contributed by atoms with van der Waals surface area (Å²) < 4.78 is 15.9. The zero-order valence-corrected chi connectivity index (χ0v) is 17.6. The molecule has 0 aliphatic carbocycles. The highest BCUT2D eigenvalue weighted by atomic mass is 19.1. The summed E-state index contributed by atoms with van der Waals surface area (Å²) in [5.74, 6) is -0.228. The van der Waals surface area contributed by atoms with Crippen molar-refractivity contribution < 1.29 is 4.39 Å². The van der Waals surface area contributed by atoms with E-state index in [1.807, 2.05) is 30.6 Å². The summed E-state index contributed by atoms with van der Waals surface area (Å²) in [6.45, 7) is 0. The smallest absolute Gasteiger partial charge is 0.123 e. The van der Waals surface area contributed by atoms with E-state index >= 15 is 0 Å². The summed E-state index contributed by atoms with van der Waals surface area (Å²) in [4.78, 5) is 4.72. The van der Waals surface area contributed by atoms with Gasteiger partial charge in [0.05, 0.1) is 12.0 Å². The van der Waals surface area contributed by atoms with Gasteiger partial charge in [-0.3, -0.25) is 0 Å². The fourth-order valence-electron chi connectivity index (χ4n) is 4.48. The minimum Gasteiger partial charge on any atom is -0.319 e. The molecule has 5 rings (SSSR count). The van der Waals surface area contributed by atoms with Crippen molar-refractivity contribution in [1.29, 1.82) is 0 Å². The summed E-state index contributed by atoms with van der Waals surface area (Å²) >= 11 is 0. The highest BCUT2D eigenvalue weighted by Gasteiger charge is 2.38. The Morgan fingerprint density at radius 2 is 1.19 bits per heavy atom. The van der Waals surface area contributed by atoms with Gasteiger partial charge in [0.15, 0.2) is 0 Å². The van der Waals surface area contributed by atoms with E-state index in [2.05, 4.69) is 83.6 Å². The number of halogens is 1. The highest BCUT2D eigenvalue weighted by molar-refractivity contribution is 5.50. The Bertz CT molecular complexity index is 1200. The van der Waals surface area contributed by atoms with Crippen LogP contribution in [0.2, 0.25) is 0 Å². The van der Waals surface area contributed by atoms with E-state index in [1.54, 1.807) is 12.1 Å². The zero-order valence-electron chi connectivity index (χ0n) is 17.6. The van der Waals surface area contributed by atoms with Gasteiger partial charge >= 0.3 is 0 Å². The average molecular weight is 419 g/mol. The molecule has 0 saturated carbocycles. The number of hydrogen-bond donors (Lipinski definition) is 0. The monoisotopic (exact) mass is 418 g/mol. The van der Waals surface area contributed by atoms with Gasteiger partial charge in [-0.05, 0) is 34.4 Å². The Morgan fingerprint density at radius 1 is 0.656 bits per heavy atom. The standard InChI is InChI=1S/C29H23FN2/c30-27-18-10-11-23(19-27)20-28-21-32(22-31-28)29(24-12-4-1-5-13-24,25-14-6-2-7-15-25)26-16-8-3-9-17-26/h1-19,21-22H,20H2. The molecule has 0 bridgehead atoms. The van der Waals surface area contributed by atoms with Crippen LogP contribution in [0.3, 0.4) is 0 Å². The van der Waals surface area contributed by atoms with Gasteiger partial charge in [0.25, 0.3) is 0 Å². The molecular formula is C29H23FN2. The van der Waals surface area contributed by atoms with Crippen LogP contribution in [0.25, 0.3) is 0 Å². The van der Waals surface area contributed by atoms with Crippen molar-refractivity contribution in [1.82, 2.24) is 9.55 Å². The van der Waals surface area contributed by atoms with Crippen LogP contribution < -0.4 is 0 Å².